The van der Waals surface area contributed by atoms with E-state index in [0.29, 0.717) is 37.9 Å². The lowest BCUT2D eigenvalue weighted by Gasteiger charge is -2.12. The maximum absolute atomic E-state index is 11.7. The van der Waals surface area contributed by atoms with E-state index in [1.807, 2.05) is 0 Å². The van der Waals surface area contributed by atoms with Gasteiger partial charge in [-0.2, -0.15) is 0 Å². The molecule has 154 valence electrons. The Morgan fingerprint density at radius 1 is 0.577 bits per heavy atom. The zero-order valence-electron chi connectivity index (χ0n) is 17.7. The summed E-state index contributed by atoms with van der Waals surface area (Å²) in [5, 5.41) is 0. The molecule has 0 bridgehead atoms. The summed E-state index contributed by atoms with van der Waals surface area (Å²) >= 11 is 0. The third-order valence-electron chi connectivity index (χ3n) is 5.28. The second kappa shape index (κ2) is 17.4. The Labute approximate surface area is 161 Å². The first kappa shape index (κ1) is 24.9. The first-order valence-corrected chi connectivity index (χ1v) is 10.9. The molecule has 0 heterocycles. The number of esters is 2. The molecule has 0 aliphatic carbocycles. The van der Waals surface area contributed by atoms with Gasteiger partial charge in [0.25, 0.3) is 0 Å². The average molecular weight is 371 g/mol. The summed E-state index contributed by atoms with van der Waals surface area (Å²) in [4.78, 5) is 23.3. The summed E-state index contributed by atoms with van der Waals surface area (Å²) < 4.78 is 10.6. The fraction of sp³-hybridized carbons (Fsp3) is 0.909. The van der Waals surface area contributed by atoms with Gasteiger partial charge < -0.3 is 9.47 Å². The summed E-state index contributed by atoms with van der Waals surface area (Å²) in [7, 11) is 0. The summed E-state index contributed by atoms with van der Waals surface area (Å²) in [6, 6.07) is 0. The lowest BCUT2D eigenvalue weighted by atomic mass is 10.1. The number of ether oxygens (including phenoxy) is 2. The second-order valence-corrected chi connectivity index (χ2v) is 7.35. The summed E-state index contributed by atoms with van der Waals surface area (Å²) in [6.07, 6.45) is 11.5. The fourth-order valence-electron chi connectivity index (χ4n) is 2.86. The molecule has 0 unspecified atom stereocenters. The number of unbranched alkanes of at least 4 members (excludes halogenated alkanes) is 5. The maximum atomic E-state index is 11.7. The minimum Gasteiger partial charge on any atom is -0.465 e. The Kier molecular flexibility index (Phi) is 16.7. The van der Waals surface area contributed by atoms with Crippen LogP contribution in [0.2, 0.25) is 0 Å². The molecule has 0 radical (unpaired) electrons. The number of hydrogen-bond acceptors (Lipinski definition) is 4. The van der Waals surface area contributed by atoms with E-state index in [1.165, 1.54) is 0 Å². The molecule has 0 aliphatic rings. The number of rotatable bonds is 17. The molecule has 0 rings (SSSR count). The van der Waals surface area contributed by atoms with E-state index < -0.39 is 0 Å². The van der Waals surface area contributed by atoms with Crippen LogP contribution in [0.4, 0.5) is 0 Å². The smallest absolute Gasteiger partial charge is 0.305 e. The lowest BCUT2D eigenvalue weighted by Crippen LogP contribution is -2.13. The minimum absolute atomic E-state index is 0.0582. The van der Waals surface area contributed by atoms with Crippen LogP contribution in [0, 0.1) is 11.8 Å². The highest BCUT2D eigenvalue weighted by molar-refractivity contribution is 5.69. The highest BCUT2D eigenvalue weighted by Crippen LogP contribution is 2.12. The Bertz CT molecular complexity index is 312. The summed E-state index contributed by atoms with van der Waals surface area (Å²) in [5.74, 6) is 0.884. The third-order valence-corrected chi connectivity index (χ3v) is 5.28. The maximum Gasteiger partial charge on any atom is 0.305 e. The van der Waals surface area contributed by atoms with Crippen molar-refractivity contribution in [3.05, 3.63) is 0 Å². The lowest BCUT2D eigenvalue weighted by molar-refractivity contribution is -0.146. The van der Waals surface area contributed by atoms with Crippen molar-refractivity contribution < 1.29 is 19.1 Å². The highest BCUT2D eigenvalue weighted by atomic mass is 16.5. The first-order chi connectivity index (χ1) is 12.6. The van der Waals surface area contributed by atoms with E-state index in [0.717, 1.165) is 64.2 Å². The van der Waals surface area contributed by atoms with Crippen molar-refractivity contribution in [3.63, 3.8) is 0 Å². The Morgan fingerprint density at radius 2 is 0.885 bits per heavy atom. The molecule has 0 atom stereocenters. The molecule has 0 spiro atoms. The van der Waals surface area contributed by atoms with Gasteiger partial charge in [-0.1, -0.05) is 79.1 Å². The molecular weight excluding hydrogens is 328 g/mol. The molecule has 0 aromatic carbocycles. The SMILES string of the molecule is CCC(CC)COC(=O)CCCCCCCCC(=O)OCC(CC)CC. The summed E-state index contributed by atoms with van der Waals surface area (Å²) in [6.45, 7) is 9.67. The van der Waals surface area contributed by atoms with Crippen LogP contribution >= 0.6 is 0 Å². The molecular formula is C22H42O4. The van der Waals surface area contributed by atoms with Gasteiger partial charge in [-0.15, -0.1) is 0 Å². The van der Waals surface area contributed by atoms with Crippen LogP contribution in [-0.2, 0) is 19.1 Å². The fourth-order valence-corrected chi connectivity index (χ4v) is 2.86. The Balaban J connectivity index is 3.45. The molecule has 0 fully saturated rings. The van der Waals surface area contributed by atoms with Gasteiger partial charge in [0.2, 0.25) is 0 Å². The van der Waals surface area contributed by atoms with E-state index in [-0.39, 0.29) is 11.9 Å². The van der Waals surface area contributed by atoms with Gasteiger partial charge >= 0.3 is 11.9 Å². The van der Waals surface area contributed by atoms with Crippen LogP contribution in [0.5, 0.6) is 0 Å². The number of carbonyl (C=O) groups excluding carboxylic acids is 2. The number of carbonyl (C=O) groups is 2. The molecule has 0 amide bonds. The molecule has 0 N–H and O–H groups in total. The van der Waals surface area contributed by atoms with Gasteiger partial charge in [0.05, 0.1) is 13.2 Å². The van der Waals surface area contributed by atoms with Crippen LogP contribution in [0.15, 0.2) is 0 Å². The molecule has 0 aliphatic heterocycles. The van der Waals surface area contributed by atoms with Crippen LogP contribution in [0.3, 0.4) is 0 Å². The van der Waals surface area contributed by atoms with Crippen molar-refractivity contribution >= 4 is 11.9 Å². The Morgan fingerprint density at radius 3 is 1.19 bits per heavy atom. The van der Waals surface area contributed by atoms with Crippen molar-refractivity contribution in [1.29, 1.82) is 0 Å². The zero-order chi connectivity index (χ0) is 19.6. The molecule has 0 aromatic rings. The van der Waals surface area contributed by atoms with Crippen molar-refractivity contribution in [2.45, 2.75) is 105 Å². The first-order valence-electron chi connectivity index (χ1n) is 10.9. The molecule has 26 heavy (non-hydrogen) atoms. The molecule has 4 nitrogen and oxygen atoms in total. The highest BCUT2D eigenvalue weighted by Gasteiger charge is 2.09. The van der Waals surface area contributed by atoms with E-state index in [1.54, 1.807) is 0 Å². The van der Waals surface area contributed by atoms with Gasteiger partial charge in [0, 0.05) is 12.8 Å². The van der Waals surface area contributed by atoms with Crippen LogP contribution in [0.1, 0.15) is 105 Å². The van der Waals surface area contributed by atoms with Gasteiger partial charge in [-0.25, -0.2) is 0 Å². The predicted octanol–water partition coefficient (Wildman–Crippen LogP) is 6.07. The quantitative estimate of drug-likeness (QED) is 0.230. The normalized spacial score (nSPS) is 11.2. The van der Waals surface area contributed by atoms with E-state index in [2.05, 4.69) is 27.7 Å². The molecule has 0 aromatic heterocycles. The molecule has 0 saturated heterocycles. The zero-order valence-corrected chi connectivity index (χ0v) is 17.7. The van der Waals surface area contributed by atoms with Gasteiger partial charge in [-0.05, 0) is 24.7 Å². The second-order valence-electron chi connectivity index (χ2n) is 7.35. The van der Waals surface area contributed by atoms with E-state index in [9.17, 15) is 9.59 Å². The van der Waals surface area contributed by atoms with Crippen molar-refractivity contribution in [1.82, 2.24) is 0 Å². The van der Waals surface area contributed by atoms with E-state index in [4.69, 9.17) is 9.47 Å². The number of hydrogen-bond donors (Lipinski definition) is 0. The standard InChI is InChI=1S/C22H42O4/c1-5-19(6-2)17-25-21(23)15-13-11-9-10-12-14-16-22(24)26-18-20(7-3)8-4/h19-20H,5-18H2,1-4H3. The summed E-state index contributed by atoms with van der Waals surface area (Å²) in [5.41, 5.74) is 0. The minimum atomic E-state index is -0.0582. The van der Waals surface area contributed by atoms with Crippen LogP contribution in [0.25, 0.3) is 0 Å². The van der Waals surface area contributed by atoms with Gasteiger partial charge in [0.1, 0.15) is 0 Å². The average Bonchev–Trinajstić information content (AvgIpc) is 2.65. The molecule has 0 saturated carbocycles. The van der Waals surface area contributed by atoms with Gasteiger partial charge in [-0.3, -0.25) is 9.59 Å². The monoisotopic (exact) mass is 370 g/mol. The van der Waals surface area contributed by atoms with Crippen LogP contribution in [-0.4, -0.2) is 25.2 Å². The van der Waals surface area contributed by atoms with Crippen molar-refractivity contribution in [3.8, 4) is 0 Å². The third kappa shape index (κ3) is 14.1. The van der Waals surface area contributed by atoms with Crippen LogP contribution < -0.4 is 0 Å². The van der Waals surface area contributed by atoms with E-state index >= 15 is 0 Å². The van der Waals surface area contributed by atoms with Gasteiger partial charge in [0.15, 0.2) is 0 Å². The predicted molar refractivity (Wildman–Crippen MR) is 107 cm³/mol. The largest absolute Gasteiger partial charge is 0.465 e. The molecule has 4 heteroatoms. The topological polar surface area (TPSA) is 52.6 Å². The Hall–Kier alpha value is -1.06. The van der Waals surface area contributed by atoms with Crippen molar-refractivity contribution in [2.75, 3.05) is 13.2 Å². The van der Waals surface area contributed by atoms with Crippen molar-refractivity contribution in [2.24, 2.45) is 11.8 Å².